The Balaban J connectivity index is 1.97. The van der Waals surface area contributed by atoms with Crippen molar-refractivity contribution in [3.63, 3.8) is 0 Å². The number of nitrogens with one attached hydrogen (secondary N) is 1. The number of aromatic nitrogens is 4. The average Bonchev–Trinajstić information content (AvgIpc) is 2.95. The maximum atomic E-state index is 12.0. The lowest BCUT2D eigenvalue weighted by atomic mass is 10.1. The minimum absolute atomic E-state index is 0.0492. The zero-order valence-electron chi connectivity index (χ0n) is 14.5. The number of aliphatic hydroxyl groups is 2. The smallest absolute Gasteiger partial charge is 0.280 e. The molecule has 2 aromatic heterocycles. The summed E-state index contributed by atoms with van der Waals surface area (Å²) < 4.78 is 7.43. The van der Waals surface area contributed by atoms with E-state index in [4.69, 9.17) is 10.5 Å². The van der Waals surface area contributed by atoms with Crippen molar-refractivity contribution >= 4 is 30.3 Å². The Morgan fingerprint density at radius 1 is 1.36 bits per heavy atom. The first-order valence-corrected chi connectivity index (χ1v) is 11.1. The maximum absolute atomic E-state index is 12.0. The number of ether oxygens (including phenoxy) is 1. The molecule has 1 aliphatic rings. The molecule has 10 heteroatoms. The van der Waals surface area contributed by atoms with Crippen LogP contribution in [0.15, 0.2) is 4.79 Å². The van der Waals surface area contributed by atoms with Crippen molar-refractivity contribution in [3.8, 4) is 0 Å². The summed E-state index contributed by atoms with van der Waals surface area (Å²) in [5.74, 6) is 0.396. The minimum Gasteiger partial charge on any atom is -0.388 e. The largest absolute Gasteiger partial charge is 0.388 e. The fourth-order valence-corrected chi connectivity index (χ4v) is 4.03. The average molecular weight is 369 g/mol. The van der Waals surface area contributed by atoms with Gasteiger partial charge in [0.1, 0.15) is 18.0 Å². The van der Waals surface area contributed by atoms with Gasteiger partial charge in [0.05, 0.1) is 6.10 Å². The molecule has 25 heavy (non-hydrogen) atoms. The van der Waals surface area contributed by atoms with Gasteiger partial charge in [-0.1, -0.05) is 0 Å². The predicted molar refractivity (Wildman–Crippen MR) is 98.6 cm³/mol. The highest BCUT2D eigenvalue weighted by atomic mass is 31.2. The van der Waals surface area contributed by atoms with Gasteiger partial charge < -0.3 is 20.7 Å². The molecular formula is C15H24N5O4P. The number of hydrogen-bond acceptors (Lipinski definition) is 7. The molecule has 0 bridgehead atoms. The van der Waals surface area contributed by atoms with E-state index >= 15 is 0 Å². The van der Waals surface area contributed by atoms with E-state index in [9.17, 15) is 15.0 Å². The molecule has 9 nitrogen and oxygen atoms in total. The van der Waals surface area contributed by atoms with Crippen LogP contribution in [0.3, 0.4) is 0 Å². The Morgan fingerprint density at radius 3 is 2.68 bits per heavy atom. The van der Waals surface area contributed by atoms with Crippen molar-refractivity contribution in [2.75, 3.05) is 25.2 Å². The summed E-state index contributed by atoms with van der Waals surface area (Å²) in [6.07, 6.45) is 1.99. The number of imidazole rings is 1. The Labute approximate surface area is 144 Å². The first kappa shape index (κ1) is 18.1. The third-order valence-electron chi connectivity index (χ3n) is 4.36. The molecular weight excluding hydrogens is 345 g/mol. The molecule has 1 fully saturated rings. The Bertz CT molecular complexity index is 901. The summed E-state index contributed by atoms with van der Waals surface area (Å²) >= 11 is 0. The lowest BCUT2D eigenvalue weighted by Crippen LogP contribution is -2.32. The minimum atomic E-state index is -1.27. The van der Waals surface area contributed by atoms with Gasteiger partial charge in [0.15, 0.2) is 17.4 Å². The van der Waals surface area contributed by atoms with Gasteiger partial charge in [-0.3, -0.25) is 14.3 Å². The molecule has 0 spiro atoms. The summed E-state index contributed by atoms with van der Waals surface area (Å²) in [6.45, 7) is 4.62. The lowest BCUT2D eigenvalue weighted by Gasteiger charge is -2.19. The number of nitrogens with zero attached hydrogens (tertiary/aromatic N) is 3. The van der Waals surface area contributed by atoms with Crippen molar-refractivity contribution in [3.05, 3.63) is 16.2 Å². The van der Waals surface area contributed by atoms with Gasteiger partial charge in [-0.05, 0) is 32.8 Å². The number of aliphatic hydroxyl groups excluding tert-OH is 2. The summed E-state index contributed by atoms with van der Waals surface area (Å²) in [5, 5.41) is 20.8. The second-order valence-corrected chi connectivity index (χ2v) is 11.5. The normalized spacial score (nSPS) is 27.2. The number of hydrogen-bond donors (Lipinski definition) is 4. The number of aryl methyl sites for hydroxylation is 1. The highest BCUT2D eigenvalue weighted by molar-refractivity contribution is 7.72. The van der Waals surface area contributed by atoms with E-state index < -0.39 is 37.0 Å². The van der Waals surface area contributed by atoms with Crippen LogP contribution in [0.25, 0.3) is 11.2 Å². The van der Waals surface area contributed by atoms with Crippen LogP contribution in [0.1, 0.15) is 18.5 Å². The van der Waals surface area contributed by atoms with E-state index in [-0.39, 0.29) is 17.1 Å². The number of nitrogen functional groups attached to an aromatic ring is 1. The molecule has 0 unspecified atom stereocenters. The molecule has 3 heterocycles. The van der Waals surface area contributed by atoms with E-state index in [1.54, 1.807) is 6.92 Å². The fourth-order valence-electron chi connectivity index (χ4n) is 3.07. The number of aromatic amines is 1. The summed E-state index contributed by atoms with van der Waals surface area (Å²) in [6, 6.07) is 0. The molecule has 1 aliphatic heterocycles. The van der Waals surface area contributed by atoms with Gasteiger partial charge in [-0.25, -0.2) is 4.98 Å². The predicted octanol–water partition coefficient (Wildman–Crippen LogP) is -0.271. The molecule has 0 radical (unpaired) electrons. The van der Waals surface area contributed by atoms with Crippen LogP contribution >= 0.6 is 6.89 Å². The molecule has 0 amide bonds. The maximum Gasteiger partial charge on any atom is 0.280 e. The van der Waals surface area contributed by atoms with Crippen LogP contribution in [0.4, 0.5) is 5.95 Å². The van der Waals surface area contributed by atoms with Crippen molar-refractivity contribution in [2.24, 2.45) is 0 Å². The molecule has 138 valence electrons. The van der Waals surface area contributed by atoms with Gasteiger partial charge in [-0.15, -0.1) is 13.2 Å². The molecule has 0 aliphatic carbocycles. The van der Waals surface area contributed by atoms with Crippen LogP contribution in [-0.4, -0.2) is 73.8 Å². The van der Waals surface area contributed by atoms with Crippen molar-refractivity contribution in [1.82, 2.24) is 19.5 Å². The van der Waals surface area contributed by atoms with E-state index in [1.807, 2.05) is 0 Å². The van der Waals surface area contributed by atoms with E-state index in [0.29, 0.717) is 12.2 Å². The van der Waals surface area contributed by atoms with Crippen molar-refractivity contribution in [1.29, 1.82) is 0 Å². The molecule has 3 rings (SSSR count). The molecule has 5 N–H and O–H groups in total. The van der Waals surface area contributed by atoms with Crippen LogP contribution in [0.2, 0.25) is 0 Å². The lowest BCUT2D eigenvalue weighted by molar-refractivity contribution is -0.0363. The Morgan fingerprint density at radius 2 is 2.04 bits per heavy atom. The van der Waals surface area contributed by atoms with Gasteiger partial charge in [-0.2, -0.15) is 4.98 Å². The fraction of sp³-hybridized carbons (Fsp3) is 0.600. The highest BCUT2D eigenvalue weighted by Crippen LogP contribution is 2.40. The van der Waals surface area contributed by atoms with E-state index in [0.717, 1.165) is 6.16 Å². The topological polar surface area (TPSA) is 139 Å². The monoisotopic (exact) mass is 369 g/mol. The number of rotatable bonds is 4. The van der Waals surface area contributed by atoms with Gasteiger partial charge in [0, 0.05) is 0 Å². The number of nitrogens with two attached hydrogens (primary N) is 1. The molecule has 0 aromatic carbocycles. The molecule has 4 atom stereocenters. The van der Waals surface area contributed by atoms with Gasteiger partial charge in [0.25, 0.3) is 5.56 Å². The molecule has 0 saturated carbocycles. The summed E-state index contributed by atoms with van der Waals surface area (Å²) in [5.41, 5.74) is 5.50. The molecule has 2 aromatic rings. The second-order valence-electron chi connectivity index (χ2n) is 7.15. The van der Waals surface area contributed by atoms with E-state index in [2.05, 4.69) is 34.6 Å². The van der Waals surface area contributed by atoms with Gasteiger partial charge >= 0.3 is 0 Å². The SMILES string of the molecule is C=P(C)(C)CC[C@H]1O[C@@H](n2c(C)nc3c(=O)[nH]c(N)nc32)[C@H](O)[C@@H]1O. The third-order valence-corrected chi connectivity index (χ3v) is 5.82. The van der Waals surface area contributed by atoms with Crippen LogP contribution in [0, 0.1) is 6.92 Å². The first-order chi connectivity index (χ1) is 11.6. The summed E-state index contributed by atoms with van der Waals surface area (Å²) in [7, 11) is 0. The standard InChI is InChI=1S/C15H24N5O4P/c1-7-17-9-12(18-15(16)19-13(9)23)20(7)14-11(22)10(21)8(24-14)5-6-25(2,3)4/h8,10-11,14,21-22H,2,5-6H2,1,3-4H3,(H3,16,18,19,23)/t8-,10-,11-,14-/m1/s1. The Hall–Kier alpha value is -1.67. The number of fused-ring (bicyclic) bond motifs is 1. The van der Waals surface area contributed by atoms with E-state index in [1.165, 1.54) is 4.57 Å². The zero-order valence-corrected chi connectivity index (χ0v) is 15.4. The summed E-state index contributed by atoms with van der Waals surface area (Å²) in [4.78, 5) is 22.7. The van der Waals surface area contributed by atoms with Crippen LogP contribution in [0.5, 0.6) is 0 Å². The number of H-pyrrole nitrogens is 1. The van der Waals surface area contributed by atoms with Crippen LogP contribution in [-0.2, 0) is 4.74 Å². The third kappa shape index (κ3) is 3.37. The Kier molecular flexibility index (Phi) is 4.53. The first-order valence-electron chi connectivity index (χ1n) is 8.02. The van der Waals surface area contributed by atoms with Crippen molar-refractivity contribution in [2.45, 2.75) is 37.9 Å². The van der Waals surface area contributed by atoms with Gasteiger partial charge in [0.2, 0.25) is 5.95 Å². The van der Waals surface area contributed by atoms with Crippen LogP contribution < -0.4 is 11.3 Å². The highest BCUT2D eigenvalue weighted by Gasteiger charge is 2.44. The quantitative estimate of drug-likeness (QED) is 0.544. The second kappa shape index (κ2) is 6.25. The zero-order chi connectivity index (χ0) is 18.5. The molecule has 1 saturated heterocycles. The van der Waals surface area contributed by atoms with Crippen molar-refractivity contribution < 1.29 is 14.9 Å². The number of anilines is 1.